The Kier molecular flexibility index (Phi) is 6.53. The molecule has 28 heavy (non-hydrogen) atoms. The number of methoxy groups -OCH3 is 1. The van der Waals surface area contributed by atoms with Gasteiger partial charge in [-0.3, -0.25) is 9.59 Å². The highest BCUT2D eigenvalue weighted by Gasteiger charge is 2.36. The monoisotopic (exact) mass is 381 g/mol. The van der Waals surface area contributed by atoms with Crippen LogP contribution in [0.2, 0.25) is 0 Å². The van der Waals surface area contributed by atoms with Gasteiger partial charge in [0.2, 0.25) is 11.8 Å². The Morgan fingerprint density at radius 1 is 1.18 bits per heavy atom. The van der Waals surface area contributed by atoms with Crippen molar-refractivity contribution in [1.82, 2.24) is 5.32 Å². The first kappa shape index (κ1) is 19.7. The molecule has 0 radical (unpaired) electrons. The van der Waals surface area contributed by atoms with Gasteiger partial charge in [-0.05, 0) is 30.7 Å². The zero-order valence-corrected chi connectivity index (χ0v) is 16.4. The molecule has 1 N–H and O–H groups in total. The molecule has 3 rings (SSSR count). The summed E-state index contributed by atoms with van der Waals surface area (Å²) in [5.41, 5.74) is 1.87. The number of amides is 2. The highest BCUT2D eigenvalue weighted by molar-refractivity contribution is 6.01. The van der Waals surface area contributed by atoms with Gasteiger partial charge in [0.15, 0.2) is 0 Å². The van der Waals surface area contributed by atoms with E-state index in [2.05, 4.69) is 22.3 Å². The Balaban J connectivity index is 1.47. The van der Waals surface area contributed by atoms with Crippen LogP contribution in [0, 0.1) is 5.92 Å². The van der Waals surface area contributed by atoms with Crippen molar-refractivity contribution in [3.8, 4) is 5.75 Å². The van der Waals surface area contributed by atoms with E-state index in [0.717, 1.165) is 24.3 Å². The van der Waals surface area contributed by atoms with E-state index in [9.17, 15) is 9.59 Å². The van der Waals surface area contributed by atoms with Crippen LogP contribution < -0.4 is 19.9 Å². The topological polar surface area (TPSA) is 61.9 Å². The van der Waals surface area contributed by atoms with Gasteiger partial charge < -0.3 is 19.9 Å². The van der Waals surface area contributed by atoms with E-state index in [4.69, 9.17) is 4.74 Å². The minimum absolute atomic E-state index is 0.0477. The fourth-order valence-electron chi connectivity index (χ4n) is 3.45. The van der Waals surface area contributed by atoms with Crippen LogP contribution in [-0.2, 0) is 9.59 Å². The summed E-state index contributed by atoms with van der Waals surface area (Å²) >= 11 is 0. The van der Waals surface area contributed by atoms with Crippen molar-refractivity contribution in [3.63, 3.8) is 0 Å². The third-order valence-electron chi connectivity index (χ3n) is 5.04. The number of nitrogens with zero attached hydrogens (tertiary/aromatic N) is 2. The Labute approximate surface area is 166 Å². The van der Waals surface area contributed by atoms with Crippen LogP contribution in [0.4, 0.5) is 11.4 Å². The van der Waals surface area contributed by atoms with Crippen LogP contribution in [0.1, 0.15) is 12.8 Å². The minimum Gasteiger partial charge on any atom is -0.495 e. The van der Waals surface area contributed by atoms with Crippen molar-refractivity contribution in [3.05, 3.63) is 54.6 Å². The quantitative estimate of drug-likeness (QED) is 0.714. The maximum Gasteiger partial charge on any atom is 0.227 e. The Morgan fingerprint density at radius 2 is 1.89 bits per heavy atom. The maximum atomic E-state index is 12.5. The molecule has 0 bridgehead atoms. The van der Waals surface area contributed by atoms with Gasteiger partial charge in [0.05, 0.1) is 18.7 Å². The van der Waals surface area contributed by atoms with Crippen molar-refractivity contribution in [1.29, 1.82) is 0 Å². The highest BCUT2D eigenvalue weighted by atomic mass is 16.5. The summed E-state index contributed by atoms with van der Waals surface area (Å²) < 4.78 is 5.34. The third kappa shape index (κ3) is 4.63. The number of rotatable bonds is 8. The molecule has 6 nitrogen and oxygen atoms in total. The number of para-hydroxylation sites is 3. The molecule has 1 fully saturated rings. The van der Waals surface area contributed by atoms with Crippen molar-refractivity contribution < 1.29 is 14.3 Å². The molecule has 2 aromatic carbocycles. The standard InChI is InChI=1S/C22H27N3O3/c1-24(18-9-4-3-5-10-18)14-8-13-23-22(27)17-15-21(26)25(16-17)19-11-6-7-12-20(19)28-2/h3-7,9-12,17H,8,13-16H2,1-2H3,(H,23,27)/t17-/m1/s1. The molecule has 0 aliphatic carbocycles. The lowest BCUT2D eigenvalue weighted by molar-refractivity contribution is -0.126. The van der Waals surface area contributed by atoms with Crippen molar-refractivity contribution in [2.45, 2.75) is 12.8 Å². The largest absolute Gasteiger partial charge is 0.495 e. The van der Waals surface area contributed by atoms with Crippen LogP contribution in [0.15, 0.2) is 54.6 Å². The summed E-state index contributed by atoms with van der Waals surface area (Å²) in [6, 6.07) is 17.5. The molecule has 0 aromatic heterocycles. The van der Waals surface area contributed by atoms with E-state index in [1.54, 1.807) is 12.0 Å². The molecular weight excluding hydrogens is 354 g/mol. The molecule has 1 aliphatic heterocycles. The molecule has 2 aromatic rings. The summed E-state index contributed by atoms with van der Waals surface area (Å²) in [5, 5.41) is 2.98. The van der Waals surface area contributed by atoms with E-state index < -0.39 is 0 Å². The third-order valence-corrected chi connectivity index (χ3v) is 5.04. The van der Waals surface area contributed by atoms with Crippen molar-refractivity contribution in [2.24, 2.45) is 5.92 Å². The van der Waals surface area contributed by atoms with Crippen molar-refractivity contribution >= 4 is 23.2 Å². The van der Waals surface area contributed by atoms with Crippen LogP contribution in [0.25, 0.3) is 0 Å². The van der Waals surface area contributed by atoms with Gasteiger partial charge in [-0.1, -0.05) is 30.3 Å². The van der Waals surface area contributed by atoms with E-state index >= 15 is 0 Å². The van der Waals surface area contributed by atoms with Gasteiger partial charge >= 0.3 is 0 Å². The second-order valence-corrected chi connectivity index (χ2v) is 6.98. The minimum atomic E-state index is -0.329. The summed E-state index contributed by atoms with van der Waals surface area (Å²) in [7, 11) is 3.62. The normalized spacial score (nSPS) is 16.1. The van der Waals surface area contributed by atoms with E-state index in [1.807, 2.05) is 49.5 Å². The second-order valence-electron chi connectivity index (χ2n) is 6.98. The lowest BCUT2D eigenvalue weighted by Gasteiger charge is -2.20. The summed E-state index contributed by atoms with van der Waals surface area (Å²) in [6.45, 7) is 1.82. The Morgan fingerprint density at radius 3 is 2.64 bits per heavy atom. The lowest BCUT2D eigenvalue weighted by Crippen LogP contribution is -2.34. The molecule has 0 unspecified atom stereocenters. The number of nitrogens with one attached hydrogen (secondary N) is 1. The maximum absolute atomic E-state index is 12.5. The van der Waals surface area contributed by atoms with Crippen LogP contribution in [0.5, 0.6) is 5.75 Å². The molecule has 0 spiro atoms. The summed E-state index contributed by atoms with van der Waals surface area (Å²) in [6.07, 6.45) is 1.07. The van der Waals surface area contributed by atoms with Crippen LogP contribution >= 0.6 is 0 Å². The van der Waals surface area contributed by atoms with Gasteiger partial charge in [-0.25, -0.2) is 0 Å². The van der Waals surface area contributed by atoms with Gasteiger partial charge in [-0.15, -0.1) is 0 Å². The first-order valence-corrected chi connectivity index (χ1v) is 9.57. The molecule has 148 valence electrons. The molecular formula is C22H27N3O3. The number of carbonyl (C=O) groups is 2. The predicted molar refractivity (Wildman–Crippen MR) is 111 cm³/mol. The molecule has 6 heteroatoms. The second kappa shape index (κ2) is 9.26. The summed E-state index contributed by atoms with van der Waals surface area (Å²) in [5.74, 6) is 0.201. The average molecular weight is 381 g/mol. The number of anilines is 2. The zero-order valence-electron chi connectivity index (χ0n) is 16.4. The average Bonchev–Trinajstić information content (AvgIpc) is 3.13. The molecule has 2 amide bonds. The predicted octanol–water partition coefficient (Wildman–Crippen LogP) is 2.69. The van der Waals surface area contributed by atoms with E-state index in [0.29, 0.717) is 18.8 Å². The highest BCUT2D eigenvalue weighted by Crippen LogP contribution is 2.32. The van der Waals surface area contributed by atoms with Gasteiger partial charge in [-0.2, -0.15) is 0 Å². The molecule has 1 heterocycles. The Hall–Kier alpha value is -3.02. The van der Waals surface area contributed by atoms with E-state index in [-0.39, 0.29) is 24.2 Å². The smallest absolute Gasteiger partial charge is 0.227 e. The first-order chi connectivity index (χ1) is 13.6. The number of hydrogen-bond acceptors (Lipinski definition) is 4. The number of ether oxygens (including phenoxy) is 1. The molecule has 1 atom stereocenters. The molecule has 1 aliphatic rings. The SMILES string of the molecule is COc1ccccc1N1C[C@H](C(=O)NCCCN(C)c2ccccc2)CC1=O. The molecule has 0 saturated carbocycles. The number of carbonyl (C=O) groups excluding carboxylic acids is 2. The molecule has 1 saturated heterocycles. The van der Waals surface area contributed by atoms with Gasteiger partial charge in [0.1, 0.15) is 5.75 Å². The van der Waals surface area contributed by atoms with Crippen LogP contribution in [0.3, 0.4) is 0 Å². The first-order valence-electron chi connectivity index (χ1n) is 9.57. The lowest BCUT2D eigenvalue weighted by atomic mass is 10.1. The van der Waals surface area contributed by atoms with E-state index in [1.165, 1.54) is 0 Å². The fraction of sp³-hybridized carbons (Fsp3) is 0.364. The fourth-order valence-corrected chi connectivity index (χ4v) is 3.45. The number of hydrogen-bond donors (Lipinski definition) is 1. The summed E-state index contributed by atoms with van der Waals surface area (Å²) in [4.78, 5) is 28.7. The van der Waals surface area contributed by atoms with Gasteiger partial charge in [0, 0.05) is 38.8 Å². The van der Waals surface area contributed by atoms with Crippen molar-refractivity contribution in [2.75, 3.05) is 43.6 Å². The van der Waals surface area contributed by atoms with Gasteiger partial charge in [0.25, 0.3) is 0 Å². The number of benzene rings is 2. The Bertz CT molecular complexity index is 810. The van der Waals surface area contributed by atoms with Crippen LogP contribution in [-0.4, -0.2) is 45.6 Å². The zero-order chi connectivity index (χ0) is 19.9.